The first-order valence-corrected chi connectivity index (χ1v) is 4.76. The average molecular weight is 238 g/mol. The first-order valence-electron chi connectivity index (χ1n) is 4.38. The third kappa shape index (κ3) is 2.12. The van der Waals surface area contributed by atoms with Crippen molar-refractivity contribution in [3.63, 3.8) is 0 Å². The minimum atomic E-state index is -0.358. The molecule has 0 aliphatic heterocycles. The predicted octanol–water partition coefficient (Wildman–Crippen LogP) is 1.29. The summed E-state index contributed by atoms with van der Waals surface area (Å²) >= 11 is 5.68. The van der Waals surface area contributed by atoms with Gasteiger partial charge in [-0.25, -0.2) is 4.98 Å². The monoisotopic (exact) mass is 237 g/mol. The first-order chi connectivity index (χ1) is 7.66. The molecule has 0 saturated carbocycles. The van der Waals surface area contributed by atoms with Crippen LogP contribution in [0, 0.1) is 0 Å². The smallest absolute Gasteiger partial charge is 0.258 e. The van der Waals surface area contributed by atoms with E-state index in [0.717, 1.165) is 0 Å². The van der Waals surface area contributed by atoms with E-state index in [1.807, 2.05) is 0 Å². The van der Waals surface area contributed by atoms with Crippen molar-refractivity contribution in [1.29, 1.82) is 0 Å². The molecule has 16 heavy (non-hydrogen) atoms. The minimum Gasteiger partial charge on any atom is -0.397 e. The second kappa shape index (κ2) is 4.19. The van der Waals surface area contributed by atoms with E-state index in [2.05, 4.69) is 20.5 Å². The van der Waals surface area contributed by atoms with Crippen LogP contribution in [0.1, 0.15) is 10.4 Å². The van der Waals surface area contributed by atoms with Crippen molar-refractivity contribution in [2.45, 2.75) is 0 Å². The lowest BCUT2D eigenvalue weighted by Crippen LogP contribution is -2.13. The van der Waals surface area contributed by atoms with Crippen molar-refractivity contribution in [2.75, 3.05) is 11.1 Å². The SMILES string of the molecule is Nc1cnc(Cl)cc1C(=O)Nc1cn[nH]c1. The van der Waals surface area contributed by atoms with E-state index in [4.69, 9.17) is 17.3 Å². The van der Waals surface area contributed by atoms with Gasteiger partial charge in [0.05, 0.1) is 29.3 Å². The van der Waals surface area contributed by atoms with Crippen molar-refractivity contribution in [2.24, 2.45) is 0 Å². The van der Waals surface area contributed by atoms with E-state index < -0.39 is 0 Å². The van der Waals surface area contributed by atoms with Crippen LogP contribution >= 0.6 is 11.6 Å². The maximum absolute atomic E-state index is 11.8. The van der Waals surface area contributed by atoms with Gasteiger partial charge in [-0.2, -0.15) is 5.10 Å². The summed E-state index contributed by atoms with van der Waals surface area (Å²) in [6.07, 6.45) is 4.38. The summed E-state index contributed by atoms with van der Waals surface area (Å²) < 4.78 is 0. The van der Waals surface area contributed by atoms with E-state index >= 15 is 0 Å². The van der Waals surface area contributed by atoms with E-state index in [-0.39, 0.29) is 22.3 Å². The van der Waals surface area contributed by atoms with Crippen LogP contribution in [0.3, 0.4) is 0 Å². The van der Waals surface area contributed by atoms with E-state index in [9.17, 15) is 4.79 Å². The number of pyridine rings is 1. The van der Waals surface area contributed by atoms with Crippen molar-refractivity contribution >= 4 is 28.9 Å². The van der Waals surface area contributed by atoms with Gasteiger partial charge in [0.25, 0.3) is 5.91 Å². The molecule has 0 atom stereocenters. The molecular weight excluding hydrogens is 230 g/mol. The Morgan fingerprint density at radius 3 is 3.00 bits per heavy atom. The molecule has 0 aliphatic rings. The van der Waals surface area contributed by atoms with Crippen LogP contribution in [-0.2, 0) is 0 Å². The van der Waals surface area contributed by atoms with Gasteiger partial charge in [-0.1, -0.05) is 11.6 Å². The summed E-state index contributed by atoms with van der Waals surface area (Å²) in [4.78, 5) is 15.5. The van der Waals surface area contributed by atoms with Crippen molar-refractivity contribution < 1.29 is 4.79 Å². The summed E-state index contributed by atoms with van der Waals surface area (Å²) in [5.74, 6) is -0.358. The topological polar surface area (TPSA) is 96.7 Å². The molecule has 82 valence electrons. The lowest BCUT2D eigenvalue weighted by atomic mass is 10.2. The lowest BCUT2D eigenvalue weighted by molar-refractivity contribution is 0.102. The Labute approximate surface area is 95.8 Å². The van der Waals surface area contributed by atoms with Gasteiger partial charge in [-0.15, -0.1) is 0 Å². The molecule has 0 bridgehead atoms. The number of hydrogen-bond donors (Lipinski definition) is 3. The number of anilines is 2. The normalized spacial score (nSPS) is 10.1. The Bertz CT molecular complexity index is 511. The molecule has 0 unspecified atom stereocenters. The van der Waals surface area contributed by atoms with Gasteiger partial charge in [0.2, 0.25) is 0 Å². The summed E-state index contributed by atoms with van der Waals surface area (Å²) in [5, 5.41) is 9.10. The van der Waals surface area contributed by atoms with Gasteiger partial charge in [-0.05, 0) is 6.07 Å². The molecule has 0 spiro atoms. The van der Waals surface area contributed by atoms with Gasteiger partial charge in [0, 0.05) is 6.20 Å². The molecule has 0 aliphatic carbocycles. The van der Waals surface area contributed by atoms with E-state index in [1.54, 1.807) is 6.20 Å². The standard InChI is InChI=1S/C9H8ClN5O/c10-8-1-6(7(11)4-12-8)9(16)15-5-2-13-14-3-5/h1-4H,11H2,(H,13,14)(H,15,16). The maximum atomic E-state index is 11.8. The quantitative estimate of drug-likeness (QED) is 0.686. The van der Waals surface area contributed by atoms with E-state index in [1.165, 1.54) is 18.5 Å². The van der Waals surface area contributed by atoms with Crippen LogP contribution < -0.4 is 11.1 Å². The highest BCUT2D eigenvalue weighted by atomic mass is 35.5. The summed E-state index contributed by atoms with van der Waals surface area (Å²) in [6, 6.07) is 1.41. The zero-order valence-corrected chi connectivity index (χ0v) is 8.82. The third-order valence-electron chi connectivity index (χ3n) is 1.90. The van der Waals surface area contributed by atoms with Gasteiger partial charge < -0.3 is 11.1 Å². The van der Waals surface area contributed by atoms with Crippen LogP contribution in [-0.4, -0.2) is 21.1 Å². The number of nitrogens with one attached hydrogen (secondary N) is 2. The zero-order valence-electron chi connectivity index (χ0n) is 8.07. The van der Waals surface area contributed by atoms with Crippen LogP contribution in [0.5, 0.6) is 0 Å². The second-order valence-electron chi connectivity index (χ2n) is 3.04. The Morgan fingerprint density at radius 1 is 1.50 bits per heavy atom. The number of amides is 1. The predicted molar refractivity (Wildman–Crippen MR) is 60.2 cm³/mol. The third-order valence-corrected chi connectivity index (χ3v) is 2.11. The van der Waals surface area contributed by atoms with E-state index in [0.29, 0.717) is 5.69 Å². The molecule has 0 saturated heterocycles. The number of halogens is 1. The molecule has 0 aromatic carbocycles. The molecule has 6 nitrogen and oxygen atoms in total. The highest BCUT2D eigenvalue weighted by Crippen LogP contribution is 2.16. The summed E-state index contributed by atoms with van der Waals surface area (Å²) in [6.45, 7) is 0. The fourth-order valence-electron chi connectivity index (χ4n) is 1.15. The summed E-state index contributed by atoms with van der Waals surface area (Å²) in [5.41, 5.74) is 6.71. The van der Waals surface area contributed by atoms with Crippen molar-refractivity contribution in [1.82, 2.24) is 15.2 Å². The number of aromatic nitrogens is 3. The largest absolute Gasteiger partial charge is 0.397 e. The maximum Gasteiger partial charge on any atom is 0.258 e. The highest BCUT2D eigenvalue weighted by Gasteiger charge is 2.11. The van der Waals surface area contributed by atoms with Crippen LogP contribution in [0.15, 0.2) is 24.7 Å². The molecule has 0 radical (unpaired) electrons. The Morgan fingerprint density at radius 2 is 2.31 bits per heavy atom. The summed E-state index contributed by atoms with van der Waals surface area (Å²) in [7, 11) is 0. The van der Waals surface area contributed by atoms with Gasteiger partial charge in [0.15, 0.2) is 0 Å². The molecule has 1 amide bonds. The van der Waals surface area contributed by atoms with Gasteiger partial charge >= 0.3 is 0 Å². The molecule has 2 heterocycles. The number of nitrogens with zero attached hydrogens (tertiary/aromatic N) is 2. The van der Waals surface area contributed by atoms with Crippen molar-refractivity contribution in [3.05, 3.63) is 35.4 Å². The fourth-order valence-corrected chi connectivity index (χ4v) is 1.31. The zero-order chi connectivity index (χ0) is 11.5. The molecule has 4 N–H and O–H groups in total. The minimum absolute atomic E-state index is 0.214. The average Bonchev–Trinajstić information content (AvgIpc) is 2.74. The number of hydrogen-bond acceptors (Lipinski definition) is 4. The molecule has 0 fully saturated rings. The Balaban J connectivity index is 2.24. The molecule has 7 heteroatoms. The number of carbonyl (C=O) groups excluding carboxylic acids is 1. The van der Waals surface area contributed by atoms with Crippen LogP contribution in [0.2, 0.25) is 5.15 Å². The molecule has 2 aromatic rings. The number of nitrogens with two attached hydrogens (primary N) is 1. The Kier molecular flexibility index (Phi) is 2.74. The van der Waals surface area contributed by atoms with Crippen molar-refractivity contribution in [3.8, 4) is 0 Å². The van der Waals surface area contributed by atoms with Crippen LogP contribution in [0.4, 0.5) is 11.4 Å². The number of aromatic amines is 1. The van der Waals surface area contributed by atoms with Crippen LogP contribution in [0.25, 0.3) is 0 Å². The Hall–Kier alpha value is -2.08. The fraction of sp³-hybridized carbons (Fsp3) is 0. The second-order valence-corrected chi connectivity index (χ2v) is 3.42. The first kappa shape index (κ1) is 10.4. The number of nitrogen functional groups attached to an aromatic ring is 1. The molecule has 2 rings (SSSR count). The molecule has 2 aromatic heterocycles. The highest BCUT2D eigenvalue weighted by molar-refractivity contribution is 6.30. The number of rotatable bonds is 2. The van der Waals surface area contributed by atoms with Gasteiger partial charge in [-0.3, -0.25) is 9.89 Å². The lowest BCUT2D eigenvalue weighted by Gasteiger charge is -2.05. The van der Waals surface area contributed by atoms with Gasteiger partial charge in [0.1, 0.15) is 5.15 Å². The number of carbonyl (C=O) groups is 1. The molecular formula is C9H8ClN5O. The number of H-pyrrole nitrogens is 1.